The van der Waals surface area contributed by atoms with Crippen molar-refractivity contribution in [1.29, 1.82) is 0 Å². The SMILES string of the molecule is C#CC(CCC)NCc1ccc(CC)o1. The predicted molar refractivity (Wildman–Crippen MR) is 62.5 cm³/mol. The van der Waals surface area contributed by atoms with Crippen LogP contribution in [0.25, 0.3) is 0 Å². The molecule has 2 nitrogen and oxygen atoms in total. The molecule has 0 aliphatic heterocycles. The molecule has 0 aromatic carbocycles. The zero-order chi connectivity index (χ0) is 11.1. The molecule has 0 bridgehead atoms. The number of rotatable bonds is 6. The molecular formula is C13H19NO. The van der Waals surface area contributed by atoms with Gasteiger partial charge in [0, 0.05) is 6.42 Å². The molecule has 2 heteroatoms. The molecule has 15 heavy (non-hydrogen) atoms. The predicted octanol–water partition coefficient (Wildman–Crippen LogP) is 2.73. The van der Waals surface area contributed by atoms with Gasteiger partial charge in [-0.2, -0.15) is 0 Å². The molecule has 0 aliphatic rings. The fraction of sp³-hybridized carbons (Fsp3) is 0.538. The van der Waals surface area contributed by atoms with Gasteiger partial charge in [-0.05, 0) is 18.6 Å². The number of hydrogen-bond acceptors (Lipinski definition) is 2. The normalized spacial score (nSPS) is 12.3. The molecule has 0 radical (unpaired) electrons. The van der Waals surface area contributed by atoms with Crippen molar-refractivity contribution in [3.05, 3.63) is 23.7 Å². The van der Waals surface area contributed by atoms with Crippen molar-refractivity contribution in [2.75, 3.05) is 0 Å². The summed E-state index contributed by atoms with van der Waals surface area (Å²) >= 11 is 0. The number of hydrogen-bond donors (Lipinski definition) is 1. The molecule has 1 N–H and O–H groups in total. The molecular weight excluding hydrogens is 186 g/mol. The van der Waals surface area contributed by atoms with Crippen molar-refractivity contribution in [2.45, 2.75) is 45.7 Å². The Kier molecular flexibility index (Phi) is 5.00. The van der Waals surface area contributed by atoms with Crippen LogP contribution in [-0.4, -0.2) is 6.04 Å². The highest BCUT2D eigenvalue weighted by Gasteiger charge is 2.05. The number of terminal acetylenes is 1. The molecule has 1 heterocycles. The lowest BCUT2D eigenvalue weighted by molar-refractivity contribution is 0.437. The summed E-state index contributed by atoms with van der Waals surface area (Å²) in [6, 6.07) is 4.18. The van der Waals surface area contributed by atoms with Gasteiger partial charge in [0.05, 0.1) is 12.6 Å². The van der Waals surface area contributed by atoms with Crippen molar-refractivity contribution < 1.29 is 4.42 Å². The summed E-state index contributed by atoms with van der Waals surface area (Å²) in [5.74, 6) is 4.73. The Morgan fingerprint density at radius 1 is 1.40 bits per heavy atom. The Morgan fingerprint density at radius 3 is 2.67 bits per heavy atom. The van der Waals surface area contributed by atoms with Gasteiger partial charge in [0.1, 0.15) is 11.5 Å². The van der Waals surface area contributed by atoms with E-state index in [1.165, 1.54) is 0 Å². The molecule has 1 atom stereocenters. The molecule has 0 aliphatic carbocycles. The van der Waals surface area contributed by atoms with Crippen molar-refractivity contribution in [3.63, 3.8) is 0 Å². The third-order valence-corrected chi connectivity index (χ3v) is 2.37. The van der Waals surface area contributed by atoms with Crippen LogP contribution in [0.2, 0.25) is 0 Å². The molecule has 0 spiro atoms. The second-order valence-electron chi connectivity index (χ2n) is 3.61. The van der Waals surface area contributed by atoms with E-state index >= 15 is 0 Å². The van der Waals surface area contributed by atoms with Crippen LogP contribution in [0, 0.1) is 12.3 Å². The van der Waals surface area contributed by atoms with E-state index in [1.807, 2.05) is 12.1 Å². The van der Waals surface area contributed by atoms with E-state index in [4.69, 9.17) is 10.8 Å². The number of nitrogens with one attached hydrogen (secondary N) is 1. The van der Waals surface area contributed by atoms with Gasteiger partial charge < -0.3 is 4.42 Å². The van der Waals surface area contributed by atoms with Gasteiger partial charge in [-0.3, -0.25) is 5.32 Å². The number of furan rings is 1. The third-order valence-electron chi connectivity index (χ3n) is 2.37. The van der Waals surface area contributed by atoms with Gasteiger partial charge in [0.15, 0.2) is 0 Å². The minimum Gasteiger partial charge on any atom is -0.465 e. The topological polar surface area (TPSA) is 25.2 Å². The van der Waals surface area contributed by atoms with Gasteiger partial charge in [-0.25, -0.2) is 0 Å². The minimum atomic E-state index is 0.158. The Morgan fingerprint density at radius 2 is 2.13 bits per heavy atom. The van der Waals surface area contributed by atoms with Gasteiger partial charge in [0.25, 0.3) is 0 Å². The van der Waals surface area contributed by atoms with Crippen LogP contribution in [0.1, 0.15) is 38.2 Å². The summed E-state index contributed by atoms with van der Waals surface area (Å²) in [5, 5.41) is 3.29. The molecule has 0 saturated carbocycles. The molecule has 1 aromatic rings. The first-order valence-corrected chi connectivity index (χ1v) is 5.57. The minimum absolute atomic E-state index is 0.158. The monoisotopic (exact) mass is 205 g/mol. The molecule has 0 saturated heterocycles. The largest absolute Gasteiger partial charge is 0.465 e. The van der Waals surface area contributed by atoms with Gasteiger partial charge in [0.2, 0.25) is 0 Å². The Bertz CT molecular complexity index is 322. The van der Waals surface area contributed by atoms with Crippen molar-refractivity contribution in [3.8, 4) is 12.3 Å². The summed E-state index contributed by atoms with van der Waals surface area (Å²) in [5.41, 5.74) is 0. The third kappa shape index (κ3) is 3.81. The summed E-state index contributed by atoms with van der Waals surface area (Å²) < 4.78 is 5.57. The Balaban J connectivity index is 2.39. The molecule has 1 unspecified atom stereocenters. The molecule has 82 valence electrons. The fourth-order valence-electron chi connectivity index (χ4n) is 1.46. The first-order chi connectivity index (χ1) is 7.30. The zero-order valence-corrected chi connectivity index (χ0v) is 9.55. The van der Waals surface area contributed by atoms with Crippen LogP contribution in [0.5, 0.6) is 0 Å². The molecule has 0 amide bonds. The Labute approximate surface area is 92.1 Å². The van der Waals surface area contributed by atoms with E-state index < -0.39 is 0 Å². The lowest BCUT2D eigenvalue weighted by Gasteiger charge is -2.09. The first kappa shape index (κ1) is 11.9. The summed E-state index contributed by atoms with van der Waals surface area (Å²) in [6.07, 6.45) is 8.46. The molecule has 0 fully saturated rings. The van der Waals surface area contributed by atoms with Crippen molar-refractivity contribution >= 4 is 0 Å². The van der Waals surface area contributed by atoms with E-state index in [1.54, 1.807) is 0 Å². The second kappa shape index (κ2) is 6.31. The summed E-state index contributed by atoms with van der Waals surface area (Å²) in [7, 11) is 0. The van der Waals surface area contributed by atoms with Crippen LogP contribution in [-0.2, 0) is 13.0 Å². The highest BCUT2D eigenvalue weighted by Crippen LogP contribution is 2.08. The fourth-order valence-corrected chi connectivity index (χ4v) is 1.46. The van der Waals surface area contributed by atoms with Crippen LogP contribution in [0.15, 0.2) is 16.5 Å². The number of aryl methyl sites for hydroxylation is 1. The molecule has 1 aromatic heterocycles. The van der Waals surface area contributed by atoms with Gasteiger partial charge in [-0.1, -0.05) is 26.2 Å². The van der Waals surface area contributed by atoms with Crippen LogP contribution < -0.4 is 5.32 Å². The standard InChI is InChI=1S/C13H19NO/c1-4-7-11(5-2)14-10-13-9-8-12(6-3)15-13/h2,8-9,11,14H,4,6-7,10H2,1,3H3. The second-order valence-corrected chi connectivity index (χ2v) is 3.61. The van der Waals surface area contributed by atoms with Crippen LogP contribution >= 0.6 is 0 Å². The van der Waals surface area contributed by atoms with Gasteiger partial charge >= 0.3 is 0 Å². The smallest absolute Gasteiger partial charge is 0.117 e. The highest BCUT2D eigenvalue weighted by molar-refractivity contribution is 5.08. The van der Waals surface area contributed by atoms with Crippen LogP contribution in [0.4, 0.5) is 0 Å². The maximum atomic E-state index is 5.57. The van der Waals surface area contributed by atoms with E-state index in [9.17, 15) is 0 Å². The lowest BCUT2D eigenvalue weighted by atomic mass is 10.2. The maximum Gasteiger partial charge on any atom is 0.117 e. The average Bonchev–Trinajstić information content (AvgIpc) is 2.72. The van der Waals surface area contributed by atoms with E-state index in [2.05, 4.69) is 25.1 Å². The van der Waals surface area contributed by atoms with Crippen molar-refractivity contribution in [2.24, 2.45) is 0 Å². The van der Waals surface area contributed by atoms with Gasteiger partial charge in [-0.15, -0.1) is 6.42 Å². The van der Waals surface area contributed by atoms with E-state index in [0.717, 1.165) is 37.3 Å². The highest BCUT2D eigenvalue weighted by atomic mass is 16.3. The van der Waals surface area contributed by atoms with Crippen LogP contribution in [0.3, 0.4) is 0 Å². The van der Waals surface area contributed by atoms with E-state index in [-0.39, 0.29) is 6.04 Å². The van der Waals surface area contributed by atoms with E-state index in [0.29, 0.717) is 0 Å². The Hall–Kier alpha value is -1.20. The quantitative estimate of drug-likeness (QED) is 0.722. The summed E-state index contributed by atoms with van der Waals surface area (Å²) in [4.78, 5) is 0. The lowest BCUT2D eigenvalue weighted by Crippen LogP contribution is -2.26. The first-order valence-electron chi connectivity index (χ1n) is 5.57. The van der Waals surface area contributed by atoms with Crippen molar-refractivity contribution in [1.82, 2.24) is 5.32 Å². The molecule has 1 rings (SSSR count). The maximum absolute atomic E-state index is 5.57. The average molecular weight is 205 g/mol. The summed E-state index contributed by atoms with van der Waals surface area (Å²) in [6.45, 7) is 4.93. The zero-order valence-electron chi connectivity index (χ0n) is 9.55.